The molecule has 0 aromatic rings. The van der Waals surface area contributed by atoms with Crippen LogP contribution in [0.2, 0.25) is 0 Å². The van der Waals surface area contributed by atoms with Gasteiger partial charge in [0.15, 0.2) is 0 Å². The summed E-state index contributed by atoms with van der Waals surface area (Å²) >= 11 is 0. The van der Waals surface area contributed by atoms with E-state index in [0.717, 1.165) is 0 Å². The third-order valence-electron chi connectivity index (χ3n) is 1.58. The molecule has 0 bridgehead atoms. The monoisotopic (exact) mass is 235 g/mol. The normalized spacial score (nSPS) is 10.6. The molecule has 0 spiro atoms. The largest absolute Gasteiger partial charge is 0.481 e. The summed E-state index contributed by atoms with van der Waals surface area (Å²) in [4.78, 5) is 20.3. The van der Waals surface area contributed by atoms with Gasteiger partial charge >= 0.3 is 11.9 Å². The first-order chi connectivity index (χ1) is 7.52. The highest BCUT2D eigenvalue weighted by molar-refractivity contribution is 5.67. The Morgan fingerprint density at radius 2 is 1.38 bits per heavy atom. The first-order valence-corrected chi connectivity index (χ1v) is 4.87. The summed E-state index contributed by atoms with van der Waals surface area (Å²) in [6, 6.07) is -0.373. The smallest absolute Gasteiger partial charge is 0.305 e. The minimum Gasteiger partial charge on any atom is -0.481 e. The van der Waals surface area contributed by atoms with Crippen molar-refractivity contribution in [3.05, 3.63) is 0 Å². The lowest BCUT2D eigenvalue weighted by atomic mass is 10.3. The fourth-order valence-corrected chi connectivity index (χ4v) is 0.836. The molecule has 0 aromatic carbocycles. The maximum Gasteiger partial charge on any atom is 0.305 e. The minimum atomic E-state index is -0.925. The molecule has 0 rings (SSSR count). The van der Waals surface area contributed by atoms with Crippen LogP contribution >= 0.6 is 0 Å². The Bertz CT molecular complexity index is 198. The number of ether oxygens (including phenoxy) is 2. The van der Waals surface area contributed by atoms with E-state index in [0.29, 0.717) is 0 Å². The van der Waals surface area contributed by atoms with Crippen molar-refractivity contribution < 1.29 is 29.3 Å². The van der Waals surface area contributed by atoms with Crippen molar-refractivity contribution in [1.82, 2.24) is 0 Å². The summed E-state index contributed by atoms with van der Waals surface area (Å²) < 4.78 is 9.96. The van der Waals surface area contributed by atoms with Crippen molar-refractivity contribution in [3.8, 4) is 0 Å². The number of hydrogen-bond acceptors (Lipinski definition) is 5. The number of nitrogens with two attached hydrogens (primary N) is 1. The molecule has 0 radical (unpaired) electrons. The standard InChI is InChI=1S/C9H17NO6/c10-7(5-15-3-1-8(11)12)6-16-4-2-9(13)14/h7H,1-6,10H2,(H,11,12)(H,13,14). The average molecular weight is 235 g/mol. The van der Waals surface area contributed by atoms with Gasteiger partial charge in [-0.3, -0.25) is 9.59 Å². The van der Waals surface area contributed by atoms with Crippen molar-refractivity contribution in [2.24, 2.45) is 5.73 Å². The van der Waals surface area contributed by atoms with Crippen molar-refractivity contribution in [2.45, 2.75) is 18.9 Å². The molecule has 0 amide bonds. The second kappa shape index (κ2) is 9.08. The van der Waals surface area contributed by atoms with Crippen molar-refractivity contribution in [3.63, 3.8) is 0 Å². The highest BCUT2D eigenvalue weighted by Crippen LogP contribution is 1.89. The summed E-state index contributed by atoms with van der Waals surface area (Å²) in [5.41, 5.74) is 5.56. The van der Waals surface area contributed by atoms with Crippen molar-refractivity contribution in [1.29, 1.82) is 0 Å². The molecule has 0 unspecified atom stereocenters. The Morgan fingerprint density at radius 1 is 1.00 bits per heavy atom. The van der Waals surface area contributed by atoms with Gasteiger partial charge in [0.2, 0.25) is 0 Å². The van der Waals surface area contributed by atoms with Gasteiger partial charge in [0.1, 0.15) is 0 Å². The Balaban J connectivity index is 3.27. The van der Waals surface area contributed by atoms with E-state index in [1.807, 2.05) is 0 Å². The molecule has 0 aromatic heterocycles. The third-order valence-corrected chi connectivity index (χ3v) is 1.58. The molecule has 7 nitrogen and oxygen atoms in total. The van der Waals surface area contributed by atoms with Crippen LogP contribution in [0.1, 0.15) is 12.8 Å². The first-order valence-electron chi connectivity index (χ1n) is 4.87. The molecule has 0 saturated carbocycles. The molecule has 16 heavy (non-hydrogen) atoms. The minimum absolute atomic E-state index is 0.0629. The van der Waals surface area contributed by atoms with Gasteiger partial charge in [-0.05, 0) is 0 Å². The van der Waals surface area contributed by atoms with Gasteiger partial charge in [0, 0.05) is 0 Å². The molecule has 0 aliphatic heterocycles. The van der Waals surface area contributed by atoms with E-state index in [4.69, 9.17) is 25.4 Å². The topological polar surface area (TPSA) is 119 Å². The number of hydrogen-bond donors (Lipinski definition) is 3. The fraction of sp³-hybridized carbons (Fsp3) is 0.778. The molecule has 0 heterocycles. The van der Waals surface area contributed by atoms with Crippen LogP contribution in [0.25, 0.3) is 0 Å². The van der Waals surface area contributed by atoms with E-state index in [-0.39, 0.29) is 45.3 Å². The zero-order chi connectivity index (χ0) is 12.4. The second-order valence-corrected chi connectivity index (χ2v) is 3.20. The van der Waals surface area contributed by atoms with Crippen LogP contribution in [-0.4, -0.2) is 54.6 Å². The SMILES string of the molecule is NC(COCCC(=O)O)COCCC(=O)O. The van der Waals surface area contributed by atoms with E-state index in [9.17, 15) is 9.59 Å². The maximum atomic E-state index is 10.1. The Morgan fingerprint density at radius 3 is 1.69 bits per heavy atom. The van der Waals surface area contributed by atoms with Gasteiger partial charge in [-0.25, -0.2) is 0 Å². The van der Waals surface area contributed by atoms with Gasteiger partial charge in [-0.1, -0.05) is 0 Å². The number of aliphatic carboxylic acids is 2. The van der Waals surface area contributed by atoms with Crippen molar-refractivity contribution >= 4 is 11.9 Å². The highest BCUT2D eigenvalue weighted by Gasteiger charge is 2.04. The molecule has 0 atom stereocenters. The zero-order valence-corrected chi connectivity index (χ0v) is 8.92. The molecule has 0 fully saturated rings. The quantitative estimate of drug-likeness (QED) is 0.428. The van der Waals surface area contributed by atoms with Crippen LogP contribution < -0.4 is 5.73 Å². The van der Waals surface area contributed by atoms with Crippen LogP contribution in [0.3, 0.4) is 0 Å². The van der Waals surface area contributed by atoms with E-state index in [2.05, 4.69) is 0 Å². The van der Waals surface area contributed by atoms with Crippen molar-refractivity contribution in [2.75, 3.05) is 26.4 Å². The molecular formula is C9H17NO6. The molecule has 94 valence electrons. The Hall–Kier alpha value is -1.18. The van der Waals surface area contributed by atoms with Crippen LogP contribution in [0.15, 0.2) is 0 Å². The van der Waals surface area contributed by atoms with Gasteiger partial charge < -0.3 is 25.4 Å². The van der Waals surface area contributed by atoms with Crippen LogP contribution in [-0.2, 0) is 19.1 Å². The fourth-order valence-electron chi connectivity index (χ4n) is 0.836. The molecule has 0 saturated heterocycles. The van der Waals surface area contributed by atoms with Gasteiger partial charge in [0.25, 0.3) is 0 Å². The second-order valence-electron chi connectivity index (χ2n) is 3.20. The predicted molar refractivity (Wildman–Crippen MR) is 54.1 cm³/mol. The Labute approximate surface area is 93.1 Å². The summed E-state index contributed by atoms with van der Waals surface area (Å²) in [6.07, 6.45) is -0.126. The zero-order valence-electron chi connectivity index (χ0n) is 8.92. The Kier molecular flexibility index (Phi) is 8.41. The van der Waals surface area contributed by atoms with E-state index in [1.165, 1.54) is 0 Å². The van der Waals surface area contributed by atoms with Gasteiger partial charge in [0.05, 0.1) is 45.3 Å². The lowest BCUT2D eigenvalue weighted by Gasteiger charge is -2.11. The molecule has 4 N–H and O–H groups in total. The number of carboxylic acids is 2. The number of rotatable bonds is 10. The summed E-state index contributed by atoms with van der Waals surface area (Å²) in [7, 11) is 0. The van der Waals surface area contributed by atoms with E-state index >= 15 is 0 Å². The van der Waals surface area contributed by atoms with Crippen LogP contribution in [0, 0.1) is 0 Å². The first kappa shape index (κ1) is 14.8. The lowest BCUT2D eigenvalue weighted by molar-refractivity contribution is -0.139. The van der Waals surface area contributed by atoms with Gasteiger partial charge in [-0.15, -0.1) is 0 Å². The van der Waals surface area contributed by atoms with Crippen LogP contribution in [0.5, 0.6) is 0 Å². The summed E-state index contributed by atoms with van der Waals surface area (Å²) in [6.45, 7) is 0.608. The summed E-state index contributed by atoms with van der Waals surface area (Å²) in [5, 5.41) is 16.6. The van der Waals surface area contributed by atoms with E-state index < -0.39 is 11.9 Å². The third kappa shape index (κ3) is 10.9. The molecular weight excluding hydrogens is 218 g/mol. The maximum absolute atomic E-state index is 10.1. The van der Waals surface area contributed by atoms with Crippen LogP contribution in [0.4, 0.5) is 0 Å². The van der Waals surface area contributed by atoms with Gasteiger partial charge in [-0.2, -0.15) is 0 Å². The number of carbonyl (C=O) groups is 2. The van der Waals surface area contributed by atoms with E-state index in [1.54, 1.807) is 0 Å². The molecule has 0 aliphatic rings. The lowest BCUT2D eigenvalue weighted by Crippen LogP contribution is -2.32. The molecule has 0 aliphatic carbocycles. The number of carboxylic acid groups (broad SMARTS) is 2. The average Bonchev–Trinajstić information content (AvgIpc) is 2.19. The predicted octanol–water partition coefficient (Wildman–Crippen LogP) is -0.704. The highest BCUT2D eigenvalue weighted by atomic mass is 16.5. The molecule has 7 heteroatoms. The summed E-state index contributed by atoms with van der Waals surface area (Å²) in [5.74, 6) is -1.85.